The number of ether oxygens (including phenoxy) is 1. The van der Waals surface area contributed by atoms with Crippen LogP contribution < -0.4 is 15.0 Å². The molecule has 1 N–H and O–H groups in total. The third-order valence-corrected chi connectivity index (χ3v) is 3.65. The number of anilines is 1. The number of aromatic nitrogens is 3. The summed E-state index contributed by atoms with van der Waals surface area (Å²) in [6.45, 7) is 1.37. The molecule has 19 heavy (non-hydrogen) atoms. The van der Waals surface area contributed by atoms with Crippen LogP contribution >= 0.6 is 11.3 Å². The average Bonchev–Trinajstić information content (AvgIpc) is 2.83. The highest BCUT2D eigenvalue weighted by atomic mass is 32.1. The summed E-state index contributed by atoms with van der Waals surface area (Å²) in [5, 5.41) is 12.1. The van der Waals surface area contributed by atoms with Crippen LogP contribution in [0.2, 0.25) is 0 Å². The Labute approximate surface area is 116 Å². The molecule has 0 saturated carbocycles. The molecule has 0 amide bonds. The summed E-state index contributed by atoms with van der Waals surface area (Å²) in [7, 11) is 5.57. The predicted octanol–water partition coefficient (Wildman–Crippen LogP) is 1.30. The van der Waals surface area contributed by atoms with Crippen LogP contribution in [0, 0.1) is 0 Å². The van der Waals surface area contributed by atoms with E-state index in [2.05, 4.69) is 20.5 Å². The topological polar surface area (TPSA) is 63.2 Å². The van der Waals surface area contributed by atoms with Crippen molar-refractivity contribution >= 4 is 16.5 Å². The van der Waals surface area contributed by atoms with Gasteiger partial charge in [-0.25, -0.2) is 0 Å². The first-order valence-corrected chi connectivity index (χ1v) is 6.70. The van der Waals surface area contributed by atoms with E-state index in [9.17, 15) is 0 Å². The van der Waals surface area contributed by atoms with E-state index in [-0.39, 0.29) is 0 Å². The number of nitrogens with one attached hydrogen (secondary N) is 1. The molecule has 0 atom stereocenters. The van der Waals surface area contributed by atoms with E-state index < -0.39 is 0 Å². The molecule has 6 nitrogen and oxygen atoms in total. The van der Waals surface area contributed by atoms with Gasteiger partial charge in [0.2, 0.25) is 5.88 Å². The molecule has 7 heteroatoms. The van der Waals surface area contributed by atoms with Gasteiger partial charge in [-0.2, -0.15) is 15.2 Å². The monoisotopic (exact) mass is 279 g/mol. The van der Waals surface area contributed by atoms with Crippen molar-refractivity contribution in [2.45, 2.75) is 13.1 Å². The molecule has 0 unspecified atom stereocenters. The normalized spacial score (nSPS) is 10.5. The highest BCUT2D eigenvalue weighted by Gasteiger charge is 2.12. The molecule has 102 valence electrons. The molecule has 0 aliphatic carbocycles. The fourth-order valence-corrected chi connectivity index (χ4v) is 2.44. The molecule has 0 aliphatic rings. The smallest absolute Gasteiger partial charge is 0.230 e. The molecule has 2 aromatic heterocycles. The van der Waals surface area contributed by atoms with Crippen molar-refractivity contribution in [1.82, 2.24) is 20.5 Å². The van der Waals surface area contributed by atoms with Crippen molar-refractivity contribution in [3.8, 4) is 5.88 Å². The van der Waals surface area contributed by atoms with Crippen LogP contribution in [0.4, 0.5) is 5.13 Å². The lowest BCUT2D eigenvalue weighted by molar-refractivity contribution is 0.394. The van der Waals surface area contributed by atoms with Gasteiger partial charge in [-0.3, -0.25) is 0 Å². The molecule has 0 saturated heterocycles. The van der Waals surface area contributed by atoms with Crippen LogP contribution in [0.15, 0.2) is 18.3 Å². The minimum Gasteiger partial charge on any atom is -0.480 e. The first-order chi connectivity index (χ1) is 9.20. The van der Waals surface area contributed by atoms with Crippen molar-refractivity contribution in [2.75, 3.05) is 26.1 Å². The lowest BCUT2D eigenvalue weighted by atomic mass is 10.4. The van der Waals surface area contributed by atoms with Gasteiger partial charge in [0.15, 0.2) is 5.13 Å². The second-order valence-electron chi connectivity index (χ2n) is 4.14. The second kappa shape index (κ2) is 6.44. The maximum Gasteiger partial charge on any atom is 0.230 e. The summed E-state index contributed by atoms with van der Waals surface area (Å²) < 4.78 is 5.28. The first kappa shape index (κ1) is 13.7. The number of nitrogens with zero attached hydrogens (tertiary/aromatic N) is 4. The third kappa shape index (κ3) is 3.62. The molecule has 2 aromatic rings. The maximum absolute atomic E-state index is 5.28. The molecule has 0 fully saturated rings. The summed E-state index contributed by atoms with van der Waals surface area (Å²) in [4.78, 5) is 7.46. The largest absolute Gasteiger partial charge is 0.480 e. The van der Waals surface area contributed by atoms with Gasteiger partial charge in [0.05, 0.1) is 17.7 Å². The first-order valence-electron chi connectivity index (χ1n) is 5.89. The maximum atomic E-state index is 5.28. The average molecular weight is 279 g/mol. The van der Waals surface area contributed by atoms with E-state index in [0.29, 0.717) is 19.0 Å². The van der Waals surface area contributed by atoms with E-state index in [1.165, 1.54) is 0 Å². The summed E-state index contributed by atoms with van der Waals surface area (Å²) in [6, 6.07) is 3.82. The van der Waals surface area contributed by atoms with Crippen molar-refractivity contribution in [2.24, 2.45) is 0 Å². The van der Waals surface area contributed by atoms with E-state index >= 15 is 0 Å². The molecule has 2 rings (SSSR count). The zero-order valence-corrected chi connectivity index (χ0v) is 12.1. The molecule has 0 aromatic carbocycles. The number of hydrogen-bond donors (Lipinski definition) is 1. The van der Waals surface area contributed by atoms with Crippen LogP contribution in [0.25, 0.3) is 0 Å². The highest BCUT2D eigenvalue weighted by Crippen LogP contribution is 2.30. The van der Waals surface area contributed by atoms with Crippen LogP contribution in [-0.2, 0) is 13.1 Å². The van der Waals surface area contributed by atoms with Gasteiger partial charge in [0.1, 0.15) is 0 Å². The minimum atomic E-state index is 0.673. The minimum absolute atomic E-state index is 0.673. The summed E-state index contributed by atoms with van der Waals surface area (Å²) in [5.41, 5.74) is 0.916. The quantitative estimate of drug-likeness (QED) is 0.860. The lowest BCUT2D eigenvalue weighted by Crippen LogP contribution is -2.13. The summed E-state index contributed by atoms with van der Waals surface area (Å²) >= 11 is 1.62. The van der Waals surface area contributed by atoms with Crippen LogP contribution in [0.5, 0.6) is 5.88 Å². The van der Waals surface area contributed by atoms with E-state index in [0.717, 1.165) is 15.7 Å². The van der Waals surface area contributed by atoms with Gasteiger partial charge < -0.3 is 15.0 Å². The Balaban J connectivity index is 1.95. The highest BCUT2D eigenvalue weighted by molar-refractivity contribution is 7.15. The van der Waals surface area contributed by atoms with Crippen LogP contribution in [-0.4, -0.2) is 36.4 Å². The Morgan fingerprint density at radius 3 is 2.84 bits per heavy atom. The fraction of sp³-hybridized carbons (Fsp3) is 0.417. The van der Waals surface area contributed by atoms with Crippen LogP contribution in [0.3, 0.4) is 0 Å². The molecule has 0 bridgehead atoms. The van der Waals surface area contributed by atoms with Crippen molar-refractivity contribution in [3.63, 3.8) is 0 Å². The lowest BCUT2D eigenvalue weighted by Gasteiger charge is -2.05. The standard InChI is InChI=1S/C12H17N5OS/c1-17(2)12-15-11(18-3)10(19-12)8-13-7-9-5-4-6-14-16-9/h4-6,13H,7-8H2,1-3H3. The fourth-order valence-electron chi connectivity index (χ4n) is 1.52. The molecule has 0 spiro atoms. The Kier molecular flexibility index (Phi) is 4.64. The molecule has 0 radical (unpaired) electrons. The molecule has 0 aliphatic heterocycles. The SMILES string of the molecule is COc1nc(N(C)C)sc1CNCc1cccnn1. The number of hydrogen-bond acceptors (Lipinski definition) is 7. The summed E-state index contributed by atoms with van der Waals surface area (Å²) in [5.74, 6) is 0.681. The van der Waals surface area contributed by atoms with Crippen LogP contribution in [0.1, 0.15) is 10.6 Å². The Morgan fingerprint density at radius 1 is 1.37 bits per heavy atom. The third-order valence-electron chi connectivity index (χ3n) is 2.45. The number of rotatable bonds is 6. The van der Waals surface area contributed by atoms with Gasteiger partial charge >= 0.3 is 0 Å². The zero-order chi connectivity index (χ0) is 13.7. The molecular formula is C12H17N5OS. The van der Waals surface area contributed by atoms with Crippen molar-refractivity contribution < 1.29 is 4.74 Å². The van der Waals surface area contributed by atoms with Crippen molar-refractivity contribution in [1.29, 1.82) is 0 Å². The molecular weight excluding hydrogens is 262 g/mol. The van der Waals surface area contributed by atoms with Gasteiger partial charge in [0.25, 0.3) is 0 Å². The molecule has 2 heterocycles. The predicted molar refractivity (Wildman–Crippen MR) is 75.6 cm³/mol. The van der Waals surface area contributed by atoms with E-state index in [1.807, 2.05) is 31.1 Å². The number of methoxy groups -OCH3 is 1. The van der Waals surface area contributed by atoms with Gasteiger partial charge in [-0.15, -0.1) is 0 Å². The Bertz CT molecular complexity index is 514. The van der Waals surface area contributed by atoms with Crippen molar-refractivity contribution in [3.05, 3.63) is 28.9 Å². The Morgan fingerprint density at radius 2 is 2.21 bits per heavy atom. The Hall–Kier alpha value is -1.73. The van der Waals surface area contributed by atoms with Gasteiger partial charge in [-0.1, -0.05) is 11.3 Å². The van der Waals surface area contributed by atoms with E-state index in [4.69, 9.17) is 4.74 Å². The summed E-state index contributed by atoms with van der Waals surface area (Å²) in [6.07, 6.45) is 1.67. The second-order valence-corrected chi connectivity index (χ2v) is 5.20. The van der Waals surface area contributed by atoms with Gasteiger partial charge in [0, 0.05) is 33.4 Å². The zero-order valence-electron chi connectivity index (χ0n) is 11.3. The number of thiazole rings is 1. The van der Waals surface area contributed by atoms with E-state index in [1.54, 1.807) is 24.6 Å². The van der Waals surface area contributed by atoms with Gasteiger partial charge in [-0.05, 0) is 12.1 Å².